The Kier molecular flexibility index (Phi) is 5.54. The van der Waals surface area contributed by atoms with Gasteiger partial charge in [0.1, 0.15) is 5.54 Å². The summed E-state index contributed by atoms with van der Waals surface area (Å²) in [5, 5.41) is 4.14. The third kappa shape index (κ3) is 4.65. The minimum atomic E-state index is -0.500. The van der Waals surface area contributed by atoms with E-state index >= 15 is 0 Å². The first-order chi connectivity index (χ1) is 9.14. The Labute approximate surface area is 120 Å². The second-order valence-corrected chi connectivity index (χ2v) is 7.14. The average Bonchev–Trinajstić information content (AvgIpc) is 3.14. The molecular formula is C14H25NO3S. The van der Waals surface area contributed by atoms with E-state index < -0.39 is 5.54 Å². The molecule has 5 heteroatoms. The largest absolute Gasteiger partial charge is 0.468 e. The highest BCUT2D eigenvalue weighted by molar-refractivity contribution is 8.00. The number of hydrogen-bond donors (Lipinski definition) is 1. The van der Waals surface area contributed by atoms with Crippen molar-refractivity contribution in [2.24, 2.45) is 0 Å². The molecular weight excluding hydrogens is 262 g/mol. The summed E-state index contributed by atoms with van der Waals surface area (Å²) in [6.45, 7) is 3.80. The topological polar surface area (TPSA) is 47.6 Å². The van der Waals surface area contributed by atoms with E-state index in [1.54, 1.807) is 0 Å². The summed E-state index contributed by atoms with van der Waals surface area (Å²) in [6.07, 6.45) is 5.44. The van der Waals surface area contributed by atoms with Crippen molar-refractivity contribution in [1.29, 1.82) is 0 Å². The lowest BCUT2D eigenvalue weighted by Gasteiger charge is -2.28. The lowest BCUT2D eigenvalue weighted by molar-refractivity contribution is -0.148. The number of ether oxygens (including phenoxy) is 2. The smallest absolute Gasteiger partial charge is 0.325 e. The molecule has 0 spiro atoms. The molecule has 0 bridgehead atoms. The van der Waals surface area contributed by atoms with Crippen LogP contribution in [0.15, 0.2) is 0 Å². The predicted molar refractivity (Wildman–Crippen MR) is 77.5 cm³/mol. The Morgan fingerprint density at radius 1 is 1.42 bits per heavy atom. The molecule has 1 saturated carbocycles. The molecule has 1 heterocycles. The van der Waals surface area contributed by atoms with Crippen molar-refractivity contribution < 1.29 is 14.3 Å². The van der Waals surface area contributed by atoms with Crippen LogP contribution in [0.3, 0.4) is 0 Å². The molecule has 1 unspecified atom stereocenters. The highest BCUT2D eigenvalue weighted by atomic mass is 32.2. The fraction of sp³-hybridized carbons (Fsp3) is 0.929. The van der Waals surface area contributed by atoms with E-state index in [-0.39, 0.29) is 5.97 Å². The van der Waals surface area contributed by atoms with Crippen molar-refractivity contribution >= 4 is 17.7 Å². The average molecular weight is 287 g/mol. The molecule has 1 saturated heterocycles. The summed E-state index contributed by atoms with van der Waals surface area (Å²) in [6, 6.07) is 0.519. The standard InChI is InChI=1S/C14H25NO3S/c1-14(13(16)17-2,15-11-5-6-11)7-3-4-8-19-12-9-18-10-12/h11-12,15H,3-10H2,1-2H3. The van der Waals surface area contributed by atoms with Gasteiger partial charge in [-0.2, -0.15) is 11.8 Å². The molecule has 1 aliphatic carbocycles. The van der Waals surface area contributed by atoms with Crippen molar-refractivity contribution in [1.82, 2.24) is 5.32 Å². The van der Waals surface area contributed by atoms with Gasteiger partial charge in [0.2, 0.25) is 0 Å². The molecule has 0 aromatic carbocycles. The van der Waals surface area contributed by atoms with Crippen molar-refractivity contribution in [2.45, 2.75) is 55.9 Å². The normalized spacial score (nSPS) is 22.6. The molecule has 2 rings (SSSR count). The predicted octanol–water partition coefficient (Wildman–Crippen LogP) is 1.97. The number of rotatable bonds is 9. The van der Waals surface area contributed by atoms with Gasteiger partial charge in [0.05, 0.1) is 25.6 Å². The lowest BCUT2D eigenvalue weighted by Crippen LogP contribution is -2.51. The lowest BCUT2D eigenvalue weighted by atomic mass is 9.95. The monoisotopic (exact) mass is 287 g/mol. The summed E-state index contributed by atoms with van der Waals surface area (Å²) >= 11 is 1.99. The number of carbonyl (C=O) groups excluding carboxylic acids is 1. The van der Waals surface area contributed by atoms with E-state index in [4.69, 9.17) is 9.47 Å². The van der Waals surface area contributed by atoms with Crippen molar-refractivity contribution in [3.05, 3.63) is 0 Å². The number of carbonyl (C=O) groups is 1. The van der Waals surface area contributed by atoms with Crippen LogP contribution in [-0.2, 0) is 14.3 Å². The molecule has 0 radical (unpaired) electrons. The van der Waals surface area contributed by atoms with Crippen molar-refractivity contribution in [3.8, 4) is 0 Å². The Morgan fingerprint density at radius 2 is 2.16 bits per heavy atom. The second-order valence-electron chi connectivity index (χ2n) is 5.73. The molecule has 0 amide bonds. The van der Waals surface area contributed by atoms with Crippen LogP contribution < -0.4 is 5.32 Å². The van der Waals surface area contributed by atoms with Gasteiger partial charge in [0.15, 0.2) is 0 Å². The Bertz CT molecular complexity index is 305. The molecule has 0 aromatic rings. The zero-order valence-corrected chi connectivity index (χ0v) is 12.8. The fourth-order valence-corrected chi connectivity index (χ4v) is 3.37. The molecule has 2 aliphatic rings. The number of hydrogen-bond acceptors (Lipinski definition) is 5. The van der Waals surface area contributed by atoms with Gasteiger partial charge < -0.3 is 9.47 Å². The summed E-state index contributed by atoms with van der Waals surface area (Å²) in [5.41, 5.74) is -0.500. The van der Waals surface area contributed by atoms with E-state index in [0.717, 1.165) is 38.2 Å². The fourth-order valence-electron chi connectivity index (χ4n) is 2.28. The van der Waals surface area contributed by atoms with E-state index in [1.807, 2.05) is 18.7 Å². The van der Waals surface area contributed by atoms with E-state index in [0.29, 0.717) is 11.3 Å². The SMILES string of the molecule is COC(=O)C(C)(CCCCSC1COC1)NC1CC1. The zero-order chi connectivity index (χ0) is 13.7. The first kappa shape index (κ1) is 15.1. The van der Waals surface area contributed by atoms with Gasteiger partial charge in [-0.1, -0.05) is 6.42 Å². The highest BCUT2D eigenvalue weighted by Gasteiger charge is 2.38. The van der Waals surface area contributed by atoms with Crippen LogP contribution in [0.1, 0.15) is 39.0 Å². The molecule has 1 aliphatic heterocycles. The Balaban J connectivity index is 1.64. The number of esters is 1. The van der Waals surface area contributed by atoms with Crippen LogP contribution in [0.4, 0.5) is 0 Å². The zero-order valence-electron chi connectivity index (χ0n) is 11.9. The third-order valence-corrected chi connectivity index (χ3v) is 5.04. The maximum Gasteiger partial charge on any atom is 0.325 e. The Hall–Kier alpha value is -0.260. The minimum Gasteiger partial charge on any atom is -0.468 e. The van der Waals surface area contributed by atoms with Crippen LogP contribution in [0.2, 0.25) is 0 Å². The van der Waals surface area contributed by atoms with Gasteiger partial charge in [-0.25, -0.2) is 0 Å². The van der Waals surface area contributed by atoms with Crippen molar-refractivity contribution in [3.63, 3.8) is 0 Å². The maximum atomic E-state index is 11.9. The number of nitrogens with one attached hydrogen (secondary N) is 1. The van der Waals surface area contributed by atoms with Crippen LogP contribution in [0.5, 0.6) is 0 Å². The van der Waals surface area contributed by atoms with Crippen molar-refractivity contribution in [2.75, 3.05) is 26.1 Å². The third-order valence-electron chi connectivity index (χ3n) is 3.77. The molecule has 1 atom stereocenters. The molecule has 0 aromatic heterocycles. The summed E-state index contributed by atoms with van der Waals surface area (Å²) in [4.78, 5) is 11.9. The number of methoxy groups -OCH3 is 1. The summed E-state index contributed by atoms with van der Waals surface area (Å²) in [7, 11) is 1.47. The summed E-state index contributed by atoms with van der Waals surface area (Å²) in [5.74, 6) is 1.04. The van der Waals surface area contributed by atoms with E-state index in [9.17, 15) is 4.79 Å². The summed E-state index contributed by atoms with van der Waals surface area (Å²) < 4.78 is 10.1. The number of thioether (sulfide) groups is 1. The molecule has 4 nitrogen and oxygen atoms in total. The quantitative estimate of drug-likeness (QED) is 0.519. The number of unbranched alkanes of at least 4 members (excludes halogenated alkanes) is 1. The van der Waals surface area contributed by atoms with Crippen LogP contribution in [0, 0.1) is 0 Å². The molecule has 19 heavy (non-hydrogen) atoms. The minimum absolute atomic E-state index is 0.126. The van der Waals surface area contributed by atoms with Gasteiger partial charge in [0, 0.05) is 6.04 Å². The van der Waals surface area contributed by atoms with Gasteiger partial charge in [-0.3, -0.25) is 10.1 Å². The van der Waals surface area contributed by atoms with Gasteiger partial charge in [-0.05, 0) is 38.4 Å². The second kappa shape index (κ2) is 6.95. The maximum absolute atomic E-state index is 11.9. The van der Waals surface area contributed by atoms with Gasteiger partial charge >= 0.3 is 5.97 Å². The van der Waals surface area contributed by atoms with Crippen LogP contribution in [-0.4, -0.2) is 48.9 Å². The highest BCUT2D eigenvalue weighted by Crippen LogP contribution is 2.27. The van der Waals surface area contributed by atoms with Crippen LogP contribution in [0.25, 0.3) is 0 Å². The molecule has 2 fully saturated rings. The van der Waals surface area contributed by atoms with Gasteiger partial charge in [0.25, 0.3) is 0 Å². The van der Waals surface area contributed by atoms with Crippen LogP contribution >= 0.6 is 11.8 Å². The van der Waals surface area contributed by atoms with Gasteiger partial charge in [-0.15, -0.1) is 0 Å². The molecule has 110 valence electrons. The van der Waals surface area contributed by atoms with E-state index in [2.05, 4.69) is 5.32 Å². The first-order valence-electron chi connectivity index (χ1n) is 7.19. The molecule has 1 N–H and O–H groups in total. The van der Waals surface area contributed by atoms with E-state index in [1.165, 1.54) is 20.0 Å². The first-order valence-corrected chi connectivity index (χ1v) is 8.24. The Morgan fingerprint density at radius 3 is 2.68 bits per heavy atom.